The van der Waals surface area contributed by atoms with E-state index in [1.54, 1.807) is 0 Å². The second-order valence-electron chi connectivity index (χ2n) is 8.71. The number of hydrogen-bond acceptors (Lipinski definition) is 4. The van der Waals surface area contributed by atoms with Crippen LogP contribution in [-0.2, 0) is 11.3 Å². The molecule has 1 N–H and O–H groups in total. The zero-order chi connectivity index (χ0) is 18.9. The highest BCUT2D eigenvalue weighted by atomic mass is 16.5. The van der Waals surface area contributed by atoms with Crippen LogP contribution in [0.25, 0.3) is 0 Å². The van der Waals surface area contributed by atoms with E-state index >= 15 is 0 Å². The van der Waals surface area contributed by atoms with Crippen molar-refractivity contribution in [2.45, 2.75) is 63.6 Å². The lowest BCUT2D eigenvalue weighted by Crippen LogP contribution is -2.62. The van der Waals surface area contributed by atoms with E-state index in [4.69, 9.17) is 4.74 Å². The van der Waals surface area contributed by atoms with E-state index in [2.05, 4.69) is 41.1 Å². The number of nitrogens with zero attached hydrogens (tertiary/aromatic N) is 2. The predicted molar refractivity (Wildman–Crippen MR) is 105 cm³/mol. The Bertz CT molecular complexity index is 656. The molecule has 1 aromatic carbocycles. The van der Waals surface area contributed by atoms with Crippen molar-refractivity contribution in [3.63, 3.8) is 0 Å². The van der Waals surface area contributed by atoms with Crippen molar-refractivity contribution in [3.8, 4) is 5.75 Å². The monoisotopic (exact) mass is 372 g/mol. The van der Waals surface area contributed by atoms with Crippen molar-refractivity contribution >= 4 is 5.97 Å². The molecule has 0 bridgehead atoms. The zero-order valence-electron chi connectivity index (χ0n) is 16.4. The molecule has 0 aromatic heterocycles. The van der Waals surface area contributed by atoms with E-state index in [1.165, 1.54) is 31.2 Å². The van der Waals surface area contributed by atoms with Crippen LogP contribution in [0.15, 0.2) is 24.3 Å². The van der Waals surface area contributed by atoms with Crippen LogP contribution >= 0.6 is 0 Å². The lowest BCUT2D eigenvalue weighted by Gasteiger charge is -2.51. The summed E-state index contributed by atoms with van der Waals surface area (Å²) in [7, 11) is 2.08. The maximum absolute atomic E-state index is 12.0. The highest BCUT2D eigenvalue weighted by Gasteiger charge is 2.52. The highest BCUT2D eigenvalue weighted by molar-refractivity contribution is 5.76. The molecule has 1 saturated carbocycles. The first-order valence-electron chi connectivity index (χ1n) is 10.5. The van der Waals surface area contributed by atoms with Crippen LogP contribution in [0.5, 0.6) is 5.75 Å². The molecule has 0 unspecified atom stereocenters. The largest absolute Gasteiger partial charge is 0.490 e. The van der Waals surface area contributed by atoms with Gasteiger partial charge in [0, 0.05) is 19.1 Å². The molecule has 0 amide bonds. The molecule has 1 aliphatic carbocycles. The van der Waals surface area contributed by atoms with Crippen LogP contribution in [-0.4, -0.2) is 59.7 Å². The third-order valence-electron chi connectivity index (χ3n) is 6.97. The molecule has 2 atom stereocenters. The standard InChI is InChI=1S/C22H32N2O3/c1-23-13-4-11-22(21(25)26)12-14-24(16-20(22)23)15-17-7-9-19(10-8-17)27-18-5-2-3-6-18/h7-10,18,20H,2-6,11-16H2,1H3,(H,25,26)/t20-,22+/m1/s1. The van der Waals surface area contributed by atoms with Gasteiger partial charge in [-0.2, -0.15) is 0 Å². The van der Waals surface area contributed by atoms with Crippen molar-refractivity contribution < 1.29 is 14.6 Å². The first-order valence-corrected chi connectivity index (χ1v) is 10.5. The van der Waals surface area contributed by atoms with Crippen LogP contribution in [0.4, 0.5) is 0 Å². The Morgan fingerprint density at radius 1 is 1.15 bits per heavy atom. The quantitative estimate of drug-likeness (QED) is 0.859. The lowest BCUT2D eigenvalue weighted by atomic mass is 9.68. The number of ether oxygens (including phenoxy) is 1. The van der Waals surface area contributed by atoms with Gasteiger partial charge in [-0.3, -0.25) is 9.69 Å². The Balaban J connectivity index is 1.38. The molecule has 1 aromatic rings. The van der Waals surface area contributed by atoms with E-state index in [9.17, 15) is 9.90 Å². The number of hydrogen-bond donors (Lipinski definition) is 1. The van der Waals surface area contributed by atoms with Crippen LogP contribution in [0, 0.1) is 5.41 Å². The number of likely N-dealkylation sites (N-methyl/N-ethyl adjacent to an activating group) is 1. The second kappa shape index (κ2) is 7.80. The summed E-state index contributed by atoms with van der Waals surface area (Å²) in [5.74, 6) is 0.369. The predicted octanol–water partition coefficient (Wildman–Crippen LogP) is 3.38. The van der Waals surface area contributed by atoms with E-state index in [0.717, 1.165) is 51.2 Å². The molecule has 2 heterocycles. The number of likely N-dealkylation sites (tertiary alicyclic amines) is 2. The Morgan fingerprint density at radius 3 is 2.59 bits per heavy atom. The SMILES string of the molecule is CN1CCC[C@]2(C(=O)O)CCN(Cc3ccc(OC4CCCC4)cc3)C[C@@H]12. The molecule has 27 heavy (non-hydrogen) atoms. The van der Waals surface area contributed by atoms with Gasteiger partial charge in [-0.25, -0.2) is 0 Å². The molecule has 0 radical (unpaired) electrons. The van der Waals surface area contributed by atoms with Crippen LogP contribution < -0.4 is 4.74 Å². The lowest BCUT2D eigenvalue weighted by molar-refractivity contribution is -0.162. The average Bonchev–Trinajstić information content (AvgIpc) is 3.17. The number of aliphatic carboxylic acids is 1. The third kappa shape index (κ3) is 3.85. The fourth-order valence-electron chi connectivity index (χ4n) is 5.32. The Morgan fingerprint density at radius 2 is 1.89 bits per heavy atom. The number of piperidine rings is 2. The maximum Gasteiger partial charge on any atom is 0.311 e. The van der Waals surface area contributed by atoms with Gasteiger partial charge in [0.1, 0.15) is 5.75 Å². The molecule has 2 aliphatic heterocycles. The van der Waals surface area contributed by atoms with Crippen molar-refractivity contribution in [1.29, 1.82) is 0 Å². The normalized spacial score (nSPS) is 30.2. The minimum Gasteiger partial charge on any atom is -0.490 e. The highest BCUT2D eigenvalue weighted by Crippen LogP contribution is 2.42. The summed E-state index contributed by atoms with van der Waals surface area (Å²) in [5.41, 5.74) is 0.720. The Hall–Kier alpha value is -1.59. The van der Waals surface area contributed by atoms with Crippen molar-refractivity contribution in [1.82, 2.24) is 9.80 Å². The summed E-state index contributed by atoms with van der Waals surface area (Å²) in [4.78, 5) is 16.7. The van der Waals surface area contributed by atoms with Gasteiger partial charge in [-0.1, -0.05) is 12.1 Å². The van der Waals surface area contributed by atoms with E-state index in [-0.39, 0.29) is 6.04 Å². The van der Waals surface area contributed by atoms with E-state index in [1.807, 2.05) is 0 Å². The average molecular weight is 373 g/mol. The minimum absolute atomic E-state index is 0.113. The van der Waals surface area contributed by atoms with Crippen LogP contribution in [0.2, 0.25) is 0 Å². The summed E-state index contributed by atoms with van der Waals surface area (Å²) < 4.78 is 6.06. The molecule has 3 fully saturated rings. The van der Waals surface area contributed by atoms with E-state index in [0.29, 0.717) is 6.10 Å². The fourth-order valence-corrected chi connectivity index (χ4v) is 5.32. The molecular weight excluding hydrogens is 340 g/mol. The van der Waals surface area contributed by atoms with Crippen LogP contribution in [0.3, 0.4) is 0 Å². The van der Waals surface area contributed by atoms with Gasteiger partial charge in [0.2, 0.25) is 0 Å². The molecule has 0 spiro atoms. The van der Waals surface area contributed by atoms with Gasteiger partial charge in [0.15, 0.2) is 0 Å². The molecule has 5 heteroatoms. The summed E-state index contributed by atoms with van der Waals surface area (Å²) in [6.07, 6.45) is 7.87. The first-order chi connectivity index (χ1) is 13.1. The fraction of sp³-hybridized carbons (Fsp3) is 0.682. The molecule has 148 valence electrons. The topological polar surface area (TPSA) is 53.0 Å². The van der Waals surface area contributed by atoms with Gasteiger partial charge in [-0.15, -0.1) is 0 Å². The summed E-state index contributed by atoms with van der Waals surface area (Å²) in [5, 5.41) is 9.91. The van der Waals surface area contributed by atoms with Gasteiger partial charge >= 0.3 is 5.97 Å². The number of rotatable bonds is 5. The Labute approximate surface area is 162 Å². The maximum atomic E-state index is 12.0. The number of carboxylic acids is 1. The van der Waals surface area contributed by atoms with Gasteiger partial charge in [-0.05, 0) is 82.8 Å². The number of carboxylic acid groups (broad SMARTS) is 1. The van der Waals surface area contributed by atoms with Crippen molar-refractivity contribution in [2.24, 2.45) is 5.41 Å². The van der Waals surface area contributed by atoms with Gasteiger partial charge in [0.05, 0.1) is 11.5 Å². The molecule has 3 aliphatic rings. The second-order valence-corrected chi connectivity index (χ2v) is 8.71. The van der Waals surface area contributed by atoms with E-state index < -0.39 is 11.4 Å². The summed E-state index contributed by atoms with van der Waals surface area (Å²) in [6, 6.07) is 8.61. The van der Waals surface area contributed by atoms with Gasteiger partial charge < -0.3 is 14.7 Å². The Kier molecular flexibility index (Phi) is 5.42. The minimum atomic E-state index is -0.605. The molecule has 4 rings (SSSR count). The number of fused-ring (bicyclic) bond motifs is 1. The number of benzene rings is 1. The van der Waals surface area contributed by atoms with Crippen molar-refractivity contribution in [2.75, 3.05) is 26.7 Å². The van der Waals surface area contributed by atoms with Gasteiger partial charge in [0.25, 0.3) is 0 Å². The smallest absolute Gasteiger partial charge is 0.311 e. The summed E-state index contributed by atoms with van der Waals surface area (Å²) >= 11 is 0. The van der Waals surface area contributed by atoms with Crippen molar-refractivity contribution in [3.05, 3.63) is 29.8 Å². The van der Waals surface area contributed by atoms with Crippen LogP contribution in [0.1, 0.15) is 50.5 Å². The molecule has 5 nitrogen and oxygen atoms in total. The molecular formula is C22H32N2O3. The summed E-state index contributed by atoms with van der Waals surface area (Å²) in [6.45, 7) is 3.57. The first kappa shape index (κ1) is 18.8. The number of carbonyl (C=O) groups is 1. The zero-order valence-corrected chi connectivity index (χ0v) is 16.4. The molecule has 2 saturated heterocycles. The third-order valence-corrected chi connectivity index (χ3v) is 6.97.